The summed E-state index contributed by atoms with van der Waals surface area (Å²) in [5, 5.41) is 0.555. The molecule has 0 fully saturated rings. The summed E-state index contributed by atoms with van der Waals surface area (Å²) in [4.78, 5) is 25.5. The monoisotopic (exact) mass is 544 g/mol. The number of Topliss-reactive ketones (excluding diaryl/α,β-unsaturated/α-hetero) is 1. The summed E-state index contributed by atoms with van der Waals surface area (Å²) in [6.45, 7) is 2.26. The number of hydrogen-bond donors (Lipinski definition) is 0. The van der Waals surface area contributed by atoms with E-state index in [1.807, 2.05) is 36.4 Å². The largest absolute Gasteiger partial charge is 0.497 e. The van der Waals surface area contributed by atoms with Crippen LogP contribution in [-0.4, -0.2) is 12.9 Å². The van der Waals surface area contributed by atoms with E-state index in [4.69, 9.17) is 9.15 Å². The van der Waals surface area contributed by atoms with E-state index < -0.39 is 0 Å². The van der Waals surface area contributed by atoms with Crippen molar-refractivity contribution < 1.29 is 13.9 Å². The van der Waals surface area contributed by atoms with Gasteiger partial charge in [-0.05, 0) is 67.5 Å². The minimum Gasteiger partial charge on any atom is -0.497 e. The molecule has 0 radical (unpaired) electrons. The second-order valence-electron chi connectivity index (χ2n) is 11.0. The van der Waals surface area contributed by atoms with Crippen LogP contribution in [0.15, 0.2) is 70.1 Å². The van der Waals surface area contributed by atoms with E-state index in [1.165, 1.54) is 70.6 Å². The Balaban J connectivity index is 1.31. The topological polar surface area (TPSA) is 56.5 Å². The van der Waals surface area contributed by atoms with Crippen molar-refractivity contribution in [3.63, 3.8) is 0 Å². The maximum Gasteiger partial charge on any atom is 0.196 e. The first kappa shape index (κ1) is 31.4. The lowest BCUT2D eigenvalue weighted by Gasteiger charge is -2.06. The molecule has 0 saturated carbocycles. The quantitative estimate of drug-likeness (QED) is 0.105. The summed E-state index contributed by atoms with van der Waals surface area (Å²) in [6, 6.07) is 13.2. The van der Waals surface area contributed by atoms with Crippen molar-refractivity contribution in [2.45, 2.75) is 110 Å². The molecule has 216 valence electrons. The molecule has 40 heavy (non-hydrogen) atoms. The fraction of sp³-hybridized carbons (Fsp3) is 0.500. The molecule has 1 aromatic heterocycles. The van der Waals surface area contributed by atoms with Crippen molar-refractivity contribution in [3.05, 3.63) is 87.8 Å². The summed E-state index contributed by atoms with van der Waals surface area (Å²) >= 11 is 0. The maximum atomic E-state index is 13.0. The van der Waals surface area contributed by atoms with Crippen molar-refractivity contribution in [1.29, 1.82) is 0 Å². The van der Waals surface area contributed by atoms with Crippen LogP contribution in [0.2, 0.25) is 0 Å². The molecule has 0 aliphatic heterocycles. The Morgan fingerprint density at radius 2 is 1.43 bits per heavy atom. The van der Waals surface area contributed by atoms with Gasteiger partial charge in [-0.15, -0.1) is 0 Å². The first-order valence-electron chi connectivity index (χ1n) is 15.4. The lowest BCUT2D eigenvalue weighted by molar-refractivity contribution is -0.118. The molecule has 4 nitrogen and oxygen atoms in total. The summed E-state index contributed by atoms with van der Waals surface area (Å²) in [7, 11) is 1.63. The number of carbonyl (C=O) groups excluding carboxylic acids is 1. The van der Waals surface area contributed by atoms with Crippen LogP contribution in [0, 0.1) is 0 Å². The maximum absolute atomic E-state index is 13.0. The standard InChI is InChI=1S/C36H48O4/c1-3-4-5-6-7-8-9-10-11-12-13-14-15-16-17-18-32(37)26-30-21-24-34-35(27-30)40-28-31(36(34)38)25-29-19-22-33(39-2)23-20-29/h10-11,19-24,27-28H,3-9,12-18,25-26H2,1-2H3/b11-10+. The van der Waals surface area contributed by atoms with Crippen molar-refractivity contribution in [2.75, 3.05) is 7.11 Å². The third kappa shape index (κ3) is 11.2. The van der Waals surface area contributed by atoms with E-state index >= 15 is 0 Å². The predicted molar refractivity (Wildman–Crippen MR) is 166 cm³/mol. The first-order chi connectivity index (χ1) is 19.6. The van der Waals surface area contributed by atoms with Crippen molar-refractivity contribution in [1.82, 2.24) is 0 Å². The van der Waals surface area contributed by atoms with Gasteiger partial charge in [-0.25, -0.2) is 0 Å². The number of rotatable bonds is 20. The lowest BCUT2D eigenvalue weighted by atomic mass is 10.0. The number of fused-ring (bicyclic) bond motifs is 1. The van der Waals surface area contributed by atoms with Crippen molar-refractivity contribution in [2.24, 2.45) is 0 Å². The molecule has 1 heterocycles. The Labute approximate surface area is 240 Å². The highest BCUT2D eigenvalue weighted by atomic mass is 16.5. The Bertz CT molecular complexity index is 1240. The normalized spacial score (nSPS) is 11.4. The number of ketones is 1. The van der Waals surface area contributed by atoms with E-state index in [1.54, 1.807) is 19.4 Å². The van der Waals surface area contributed by atoms with E-state index in [0.29, 0.717) is 35.8 Å². The average molecular weight is 545 g/mol. The molecular formula is C36H48O4. The van der Waals surface area contributed by atoms with Gasteiger partial charge in [0.1, 0.15) is 17.1 Å². The van der Waals surface area contributed by atoms with Crippen LogP contribution in [0.3, 0.4) is 0 Å². The third-order valence-electron chi connectivity index (χ3n) is 7.58. The molecular weight excluding hydrogens is 496 g/mol. The molecule has 3 aromatic rings. The summed E-state index contributed by atoms with van der Waals surface area (Å²) < 4.78 is 11.0. The minimum atomic E-state index is -0.0248. The van der Waals surface area contributed by atoms with Gasteiger partial charge in [-0.3, -0.25) is 9.59 Å². The molecule has 0 aliphatic carbocycles. The van der Waals surface area contributed by atoms with Gasteiger partial charge in [0.2, 0.25) is 0 Å². The van der Waals surface area contributed by atoms with E-state index in [9.17, 15) is 9.59 Å². The Hall–Kier alpha value is -3.14. The smallest absolute Gasteiger partial charge is 0.196 e. The van der Waals surface area contributed by atoms with Crippen LogP contribution in [-0.2, 0) is 17.6 Å². The molecule has 0 spiro atoms. The zero-order valence-electron chi connectivity index (χ0n) is 24.7. The second-order valence-corrected chi connectivity index (χ2v) is 11.0. The Kier molecular flexibility index (Phi) is 14.3. The summed E-state index contributed by atoms with van der Waals surface area (Å²) in [5.74, 6) is 1.03. The number of hydrogen-bond acceptors (Lipinski definition) is 4. The number of benzene rings is 2. The van der Waals surface area contributed by atoms with E-state index in [0.717, 1.165) is 29.7 Å². The van der Waals surface area contributed by atoms with Gasteiger partial charge < -0.3 is 9.15 Å². The predicted octanol–water partition coefficient (Wildman–Crippen LogP) is 9.54. The second kappa shape index (κ2) is 18.3. The Morgan fingerprint density at radius 3 is 2.10 bits per heavy atom. The molecule has 0 saturated heterocycles. The highest BCUT2D eigenvalue weighted by Gasteiger charge is 2.11. The molecule has 0 unspecified atom stereocenters. The van der Waals surface area contributed by atoms with Crippen LogP contribution in [0.5, 0.6) is 5.75 Å². The van der Waals surface area contributed by atoms with Crippen LogP contribution < -0.4 is 10.2 Å². The van der Waals surface area contributed by atoms with Gasteiger partial charge in [0, 0.05) is 24.8 Å². The third-order valence-corrected chi connectivity index (χ3v) is 7.58. The molecule has 0 N–H and O–H groups in total. The Morgan fingerprint density at radius 1 is 0.800 bits per heavy atom. The molecule has 4 heteroatoms. The molecule has 0 amide bonds. The summed E-state index contributed by atoms with van der Waals surface area (Å²) in [6.07, 6.45) is 24.1. The molecule has 0 bridgehead atoms. The zero-order chi connectivity index (χ0) is 28.4. The molecule has 0 atom stereocenters. The van der Waals surface area contributed by atoms with Crippen molar-refractivity contribution in [3.8, 4) is 5.75 Å². The highest BCUT2D eigenvalue weighted by molar-refractivity contribution is 5.83. The van der Waals surface area contributed by atoms with Gasteiger partial charge >= 0.3 is 0 Å². The minimum absolute atomic E-state index is 0.0248. The fourth-order valence-corrected chi connectivity index (χ4v) is 5.12. The van der Waals surface area contributed by atoms with Gasteiger partial charge in [0.15, 0.2) is 5.43 Å². The number of unbranched alkanes of at least 4 members (excludes halogenated alkanes) is 11. The molecule has 0 aliphatic rings. The van der Waals surface area contributed by atoms with Crippen LogP contribution >= 0.6 is 0 Å². The fourth-order valence-electron chi connectivity index (χ4n) is 5.12. The lowest BCUT2D eigenvalue weighted by Crippen LogP contribution is -2.10. The van der Waals surface area contributed by atoms with E-state index in [-0.39, 0.29) is 11.2 Å². The number of allylic oxidation sites excluding steroid dienone is 2. The summed E-state index contributed by atoms with van der Waals surface area (Å²) in [5.41, 5.74) is 3.05. The highest BCUT2D eigenvalue weighted by Crippen LogP contribution is 2.19. The van der Waals surface area contributed by atoms with E-state index in [2.05, 4.69) is 19.1 Å². The van der Waals surface area contributed by atoms with Gasteiger partial charge in [0.05, 0.1) is 18.8 Å². The SMILES string of the molecule is CCCCCCCC/C=C/CCCCCCCC(=O)Cc1ccc2c(=O)c(Cc3ccc(OC)cc3)coc2c1. The van der Waals surface area contributed by atoms with Gasteiger partial charge in [-0.2, -0.15) is 0 Å². The number of ether oxygens (including phenoxy) is 1. The zero-order valence-corrected chi connectivity index (χ0v) is 24.7. The van der Waals surface area contributed by atoms with Crippen LogP contribution in [0.25, 0.3) is 11.0 Å². The van der Waals surface area contributed by atoms with Crippen molar-refractivity contribution >= 4 is 16.8 Å². The molecule has 3 rings (SSSR count). The molecule has 2 aromatic carbocycles. The number of methoxy groups -OCH3 is 1. The first-order valence-corrected chi connectivity index (χ1v) is 15.4. The van der Waals surface area contributed by atoms with Gasteiger partial charge in [-0.1, -0.05) is 88.6 Å². The van der Waals surface area contributed by atoms with Crippen LogP contribution in [0.4, 0.5) is 0 Å². The van der Waals surface area contributed by atoms with Crippen LogP contribution in [0.1, 0.15) is 114 Å². The number of carbonyl (C=O) groups is 1. The average Bonchev–Trinajstić information content (AvgIpc) is 2.97. The van der Waals surface area contributed by atoms with Gasteiger partial charge in [0.25, 0.3) is 0 Å².